The third-order valence-electron chi connectivity index (χ3n) is 1.85. The molecule has 2 N–H and O–H groups in total. The van der Waals surface area contributed by atoms with Gasteiger partial charge in [-0.05, 0) is 13.3 Å². The summed E-state index contributed by atoms with van der Waals surface area (Å²) in [4.78, 5) is 7.75. The van der Waals surface area contributed by atoms with Crippen LogP contribution in [0.3, 0.4) is 0 Å². The molecule has 1 rings (SSSR count). The van der Waals surface area contributed by atoms with Crippen molar-refractivity contribution in [2.75, 3.05) is 19.0 Å². The number of aryl methyl sites for hydroxylation is 1. The molecule has 1 aromatic heterocycles. The topological polar surface area (TPSA) is 42.2 Å². The van der Waals surface area contributed by atoms with Gasteiger partial charge in [-0.2, -0.15) is 0 Å². The maximum atomic E-state index is 5.86. The van der Waals surface area contributed by atoms with Crippen LogP contribution >= 0.6 is 11.3 Å². The molecule has 0 aliphatic carbocycles. The Balaban J connectivity index is 3.04. The highest BCUT2D eigenvalue weighted by Crippen LogP contribution is 2.29. The van der Waals surface area contributed by atoms with Crippen LogP contribution in [0.2, 0.25) is 0 Å². The Bertz CT molecular complexity index is 278. The van der Waals surface area contributed by atoms with E-state index in [1.807, 2.05) is 25.9 Å². The molecular formula is C9H17N3S. The Morgan fingerprint density at radius 1 is 1.54 bits per heavy atom. The van der Waals surface area contributed by atoms with E-state index in [9.17, 15) is 0 Å². The van der Waals surface area contributed by atoms with Crippen LogP contribution in [0, 0.1) is 0 Å². The molecule has 4 heteroatoms. The molecule has 74 valence electrons. The number of aromatic nitrogens is 1. The molecule has 13 heavy (non-hydrogen) atoms. The highest BCUT2D eigenvalue weighted by molar-refractivity contribution is 7.15. The van der Waals surface area contributed by atoms with Gasteiger partial charge in [0, 0.05) is 25.0 Å². The first kappa shape index (κ1) is 10.5. The fourth-order valence-electron chi connectivity index (χ4n) is 1.15. The van der Waals surface area contributed by atoms with Gasteiger partial charge in [0.2, 0.25) is 0 Å². The molecule has 1 heterocycles. The minimum absolute atomic E-state index is 0.0983. The summed E-state index contributed by atoms with van der Waals surface area (Å²) >= 11 is 1.69. The third kappa shape index (κ3) is 2.19. The quantitative estimate of drug-likeness (QED) is 0.807. The van der Waals surface area contributed by atoms with Crippen molar-refractivity contribution >= 4 is 16.5 Å². The minimum atomic E-state index is 0.0983. The van der Waals surface area contributed by atoms with Gasteiger partial charge in [0.15, 0.2) is 5.13 Å². The standard InChI is InChI=1S/C9H17N3S/c1-5-7-8(6(2)10)13-9(11-7)12(3)4/h6H,5,10H2,1-4H3. The molecule has 0 fully saturated rings. The van der Waals surface area contributed by atoms with Crippen LogP contribution in [0.25, 0.3) is 0 Å². The molecule has 1 aromatic rings. The van der Waals surface area contributed by atoms with E-state index in [1.165, 1.54) is 4.88 Å². The van der Waals surface area contributed by atoms with E-state index in [1.54, 1.807) is 11.3 Å². The summed E-state index contributed by atoms with van der Waals surface area (Å²) in [5.74, 6) is 0. The molecule has 3 nitrogen and oxygen atoms in total. The maximum absolute atomic E-state index is 5.86. The van der Waals surface area contributed by atoms with Crippen LogP contribution in [0.5, 0.6) is 0 Å². The van der Waals surface area contributed by atoms with Crippen LogP contribution in [-0.2, 0) is 6.42 Å². The number of rotatable bonds is 3. The lowest BCUT2D eigenvalue weighted by Crippen LogP contribution is -2.07. The Kier molecular flexibility index (Phi) is 3.27. The predicted molar refractivity (Wildman–Crippen MR) is 58.4 cm³/mol. The van der Waals surface area contributed by atoms with Crippen molar-refractivity contribution in [2.24, 2.45) is 5.73 Å². The SMILES string of the molecule is CCc1nc(N(C)C)sc1C(C)N. The van der Waals surface area contributed by atoms with Gasteiger partial charge in [-0.1, -0.05) is 6.92 Å². The normalized spacial score (nSPS) is 13.0. The lowest BCUT2D eigenvalue weighted by molar-refractivity contribution is 0.813. The van der Waals surface area contributed by atoms with Gasteiger partial charge in [-0.15, -0.1) is 11.3 Å². The summed E-state index contributed by atoms with van der Waals surface area (Å²) < 4.78 is 0. The summed E-state index contributed by atoms with van der Waals surface area (Å²) in [5, 5.41) is 1.05. The van der Waals surface area contributed by atoms with E-state index in [2.05, 4.69) is 11.9 Å². The fourth-order valence-corrected chi connectivity index (χ4v) is 2.18. The zero-order valence-electron chi connectivity index (χ0n) is 8.66. The molecule has 0 aliphatic heterocycles. The van der Waals surface area contributed by atoms with Crippen molar-refractivity contribution in [1.29, 1.82) is 0 Å². The van der Waals surface area contributed by atoms with E-state index in [-0.39, 0.29) is 6.04 Å². The number of anilines is 1. The van der Waals surface area contributed by atoms with Gasteiger partial charge >= 0.3 is 0 Å². The van der Waals surface area contributed by atoms with Crippen molar-refractivity contribution in [3.63, 3.8) is 0 Å². The fraction of sp³-hybridized carbons (Fsp3) is 0.667. The molecule has 0 amide bonds. The summed E-state index contributed by atoms with van der Waals surface area (Å²) in [6.07, 6.45) is 0.960. The zero-order chi connectivity index (χ0) is 10.0. The summed E-state index contributed by atoms with van der Waals surface area (Å²) in [7, 11) is 4.01. The first-order chi connectivity index (χ1) is 6.06. The molecule has 1 atom stereocenters. The molecule has 0 aromatic carbocycles. The smallest absolute Gasteiger partial charge is 0.185 e. The maximum Gasteiger partial charge on any atom is 0.185 e. The van der Waals surface area contributed by atoms with Gasteiger partial charge in [-0.25, -0.2) is 4.98 Å². The monoisotopic (exact) mass is 199 g/mol. The summed E-state index contributed by atoms with van der Waals surface area (Å²) in [6, 6.07) is 0.0983. The Labute approximate surface area is 83.6 Å². The third-order valence-corrected chi connectivity index (χ3v) is 3.31. The van der Waals surface area contributed by atoms with Crippen molar-refractivity contribution in [2.45, 2.75) is 26.3 Å². The summed E-state index contributed by atoms with van der Waals surface area (Å²) in [5.41, 5.74) is 7.00. The second kappa shape index (κ2) is 4.07. The molecule has 0 radical (unpaired) electrons. The van der Waals surface area contributed by atoms with E-state index in [0.717, 1.165) is 17.2 Å². The van der Waals surface area contributed by atoms with Gasteiger partial charge in [0.1, 0.15) is 0 Å². The van der Waals surface area contributed by atoms with Crippen molar-refractivity contribution in [3.8, 4) is 0 Å². The molecule has 0 bridgehead atoms. The lowest BCUT2D eigenvalue weighted by atomic mass is 10.2. The number of hydrogen-bond donors (Lipinski definition) is 1. The Hall–Kier alpha value is -0.610. The van der Waals surface area contributed by atoms with Crippen molar-refractivity contribution < 1.29 is 0 Å². The first-order valence-electron chi connectivity index (χ1n) is 4.48. The number of nitrogens with two attached hydrogens (primary N) is 1. The number of hydrogen-bond acceptors (Lipinski definition) is 4. The predicted octanol–water partition coefficient (Wildman–Crippen LogP) is 1.79. The number of thiazole rings is 1. The molecular weight excluding hydrogens is 182 g/mol. The Morgan fingerprint density at radius 2 is 2.15 bits per heavy atom. The van der Waals surface area contributed by atoms with E-state index in [4.69, 9.17) is 5.73 Å². The van der Waals surface area contributed by atoms with Gasteiger partial charge < -0.3 is 10.6 Å². The van der Waals surface area contributed by atoms with E-state index < -0.39 is 0 Å². The van der Waals surface area contributed by atoms with Crippen LogP contribution in [0.15, 0.2) is 0 Å². The van der Waals surface area contributed by atoms with E-state index in [0.29, 0.717) is 0 Å². The van der Waals surface area contributed by atoms with Gasteiger partial charge in [0.05, 0.1) is 5.69 Å². The first-order valence-corrected chi connectivity index (χ1v) is 5.30. The molecule has 0 spiro atoms. The van der Waals surface area contributed by atoms with Crippen LogP contribution < -0.4 is 10.6 Å². The van der Waals surface area contributed by atoms with Gasteiger partial charge in [-0.3, -0.25) is 0 Å². The average molecular weight is 199 g/mol. The van der Waals surface area contributed by atoms with Crippen molar-refractivity contribution in [1.82, 2.24) is 4.98 Å². The summed E-state index contributed by atoms with van der Waals surface area (Å²) in [6.45, 7) is 4.12. The van der Waals surface area contributed by atoms with E-state index >= 15 is 0 Å². The van der Waals surface area contributed by atoms with Gasteiger partial charge in [0.25, 0.3) is 0 Å². The second-order valence-corrected chi connectivity index (χ2v) is 4.35. The Morgan fingerprint density at radius 3 is 2.46 bits per heavy atom. The minimum Gasteiger partial charge on any atom is -0.354 e. The highest BCUT2D eigenvalue weighted by atomic mass is 32.1. The molecule has 0 aliphatic rings. The molecule has 0 saturated heterocycles. The number of nitrogens with zero attached hydrogens (tertiary/aromatic N) is 2. The zero-order valence-corrected chi connectivity index (χ0v) is 9.48. The largest absolute Gasteiger partial charge is 0.354 e. The average Bonchev–Trinajstić information content (AvgIpc) is 2.47. The molecule has 0 saturated carbocycles. The van der Waals surface area contributed by atoms with Crippen LogP contribution in [0.1, 0.15) is 30.5 Å². The highest BCUT2D eigenvalue weighted by Gasteiger charge is 2.13. The van der Waals surface area contributed by atoms with Crippen LogP contribution in [0.4, 0.5) is 5.13 Å². The van der Waals surface area contributed by atoms with Crippen molar-refractivity contribution in [3.05, 3.63) is 10.6 Å². The second-order valence-electron chi connectivity index (χ2n) is 3.34. The van der Waals surface area contributed by atoms with Crippen LogP contribution in [-0.4, -0.2) is 19.1 Å². The molecule has 1 unspecified atom stereocenters. The lowest BCUT2D eigenvalue weighted by Gasteiger charge is -2.05.